The highest BCUT2D eigenvalue weighted by molar-refractivity contribution is 5.86. The molecule has 0 unspecified atom stereocenters. The Bertz CT molecular complexity index is 381. The summed E-state index contributed by atoms with van der Waals surface area (Å²) in [6, 6.07) is 0. The Kier molecular flexibility index (Phi) is 2.21. The molecular formula is C9H10F2N2O2. The minimum absolute atomic E-state index is 0.0843. The molecule has 1 aromatic rings. The normalized spacial score (nSPS) is 19.9. The number of aromatic nitrogens is 2. The average Bonchev–Trinajstić information content (AvgIpc) is 2.49. The molecule has 0 aliphatic heterocycles. The number of alkyl halides is 2. The molecule has 2 rings (SSSR count). The van der Waals surface area contributed by atoms with Gasteiger partial charge < -0.3 is 5.11 Å². The lowest BCUT2D eigenvalue weighted by molar-refractivity contribution is -0.114. The van der Waals surface area contributed by atoms with Crippen LogP contribution in [0.25, 0.3) is 0 Å². The Hall–Kier alpha value is -1.46. The van der Waals surface area contributed by atoms with Gasteiger partial charge in [0, 0.05) is 25.6 Å². The summed E-state index contributed by atoms with van der Waals surface area (Å²) < 4.78 is 26.4. The van der Waals surface area contributed by atoms with Gasteiger partial charge in [0.1, 0.15) is 0 Å². The van der Waals surface area contributed by atoms with Crippen LogP contribution in [-0.4, -0.2) is 26.8 Å². The molecule has 0 radical (unpaired) electrons. The van der Waals surface area contributed by atoms with Crippen molar-refractivity contribution in [3.8, 4) is 0 Å². The van der Waals surface area contributed by atoms with Gasteiger partial charge in [0.05, 0.1) is 11.8 Å². The van der Waals surface area contributed by atoms with Gasteiger partial charge in [-0.25, -0.2) is 13.6 Å². The van der Waals surface area contributed by atoms with Crippen molar-refractivity contribution in [2.24, 2.45) is 5.92 Å². The molecule has 1 aromatic heterocycles. The zero-order valence-corrected chi connectivity index (χ0v) is 7.86. The standard InChI is InChI=1S/C9H10F2N2O2/c10-9(11)1-6(2-9)4-13-5-7(3-12-13)8(14)15/h3,5-6H,1-2,4H2,(H,14,15). The van der Waals surface area contributed by atoms with Crippen molar-refractivity contribution in [1.82, 2.24) is 9.78 Å². The fraction of sp³-hybridized carbons (Fsp3) is 0.556. The van der Waals surface area contributed by atoms with Crippen molar-refractivity contribution in [1.29, 1.82) is 0 Å². The number of carboxylic acids is 1. The summed E-state index contributed by atoms with van der Waals surface area (Å²) in [4.78, 5) is 10.5. The molecule has 0 aromatic carbocycles. The summed E-state index contributed by atoms with van der Waals surface area (Å²) in [6.45, 7) is 0.364. The molecule has 0 amide bonds. The Balaban J connectivity index is 1.92. The maximum absolute atomic E-state index is 12.5. The molecule has 1 saturated carbocycles. The Morgan fingerprint density at radius 3 is 2.80 bits per heavy atom. The largest absolute Gasteiger partial charge is 0.478 e. The summed E-state index contributed by atoms with van der Waals surface area (Å²) in [5.41, 5.74) is 0.0843. The fourth-order valence-corrected chi connectivity index (χ4v) is 1.75. The number of nitrogens with zero attached hydrogens (tertiary/aromatic N) is 2. The SMILES string of the molecule is O=C(O)c1cnn(CC2CC(F)(F)C2)c1. The summed E-state index contributed by atoms with van der Waals surface area (Å²) in [7, 11) is 0. The lowest BCUT2D eigenvalue weighted by Crippen LogP contribution is -2.37. The van der Waals surface area contributed by atoms with Crippen molar-refractivity contribution in [3.63, 3.8) is 0 Å². The molecule has 1 fully saturated rings. The van der Waals surface area contributed by atoms with Gasteiger partial charge >= 0.3 is 5.97 Å². The fourth-order valence-electron chi connectivity index (χ4n) is 1.75. The number of hydrogen-bond donors (Lipinski definition) is 1. The van der Waals surface area contributed by atoms with Gasteiger partial charge in [-0.05, 0) is 5.92 Å². The van der Waals surface area contributed by atoms with Crippen molar-refractivity contribution in [3.05, 3.63) is 18.0 Å². The van der Waals surface area contributed by atoms with Gasteiger partial charge in [-0.1, -0.05) is 0 Å². The predicted molar refractivity (Wildman–Crippen MR) is 46.9 cm³/mol. The first-order valence-corrected chi connectivity index (χ1v) is 4.60. The van der Waals surface area contributed by atoms with Crippen LogP contribution in [0.2, 0.25) is 0 Å². The lowest BCUT2D eigenvalue weighted by atomic mass is 9.81. The van der Waals surface area contributed by atoms with Crippen LogP contribution in [0, 0.1) is 5.92 Å². The van der Waals surface area contributed by atoms with Gasteiger partial charge in [0.25, 0.3) is 0 Å². The van der Waals surface area contributed by atoms with E-state index in [1.807, 2.05) is 0 Å². The van der Waals surface area contributed by atoms with Crippen molar-refractivity contribution < 1.29 is 18.7 Å². The van der Waals surface area contributed by atoms with Gasteiger partial charge in [-0.2, -0.15) is 5.10 Å². The van der Waals surface area contributed by atoms with Crippen molar-refractivity contribution in [2.45, 2.75) is 25.3 Å². The highest BCUT2D eigenvalue weighted by Crippen LogP contribution is 2.42. The number of hydrogen-bond acceptors (Lipinski definition) is 2. The van der Waals surface area contributed by atoms with Crippen LogP contribution in [0.5, 0.6) is 0 Å². The van der Waals surface area contributed by atoms with Crippen LogP contribution in [0.15, 0.2) is 12.4 Å². The molecule has 15 heavy (non-hydrogen) atoms. The quantitative estimate of drug-likeness (QED) is 0.835. The van der Waals surface area contributed by atoms with E-state index >= 15 is 0 Å². The maximum Gasteiger partial charge on any atom is 0.338 e. The molecule has 82 valence electrons. The van der Waals surface area contributed by atoms with E-state index < -0.39 is 11.9 Å². The topological polar surface area (TPSA) is 55.1 Å². The number of carboxylic acid groups (broad SMARTS) is 1. The average molecular weight is 216 g/mol. The van der Waals surface area contributed by atoms with Crippen LogP contribution in [0.3, 0.4) is 0 Å². The van der Waals surface area contributed by atoms with Crippen LogP contribution >= 0.6 is 0 Å². The number of halogens is 2. The van der Waals surface area contributed by atoms with Gasteiger partial charge in [-0.15, -0.1) is 0 Å². The number of aromatic carboxylic acids is 1. The highest BCUT2D eigenvalue weighted by atomic mass is 19.3. The second-order valence-electron chi connectivity index (χ2n) is 3.89. The van der Waals surface area contributed by atoms with E-state index in [-0.39, 0.29) is 24.3 Å². The third-order valence-corrected chi connectivity index (χ3v) is 2.50. The molecule has 0 bridgehead atoms. The monoisotopic (exact) mass is 216 g/mol. The number of carbonyl (C=O) groups is 1. The summed E-state index contributed by atoms with van der Waals surface area (Å²) >= 11 is 0. The minimum atomic E-state index is -2.53. The van der Waals surface area contributed by atoms with E-state index in [1.165, 1.54) is 17.1 Å². The second kappa shape index (κ2) is 3.29. The van der Waals surface area contributed by atoms with Gasteiger partial charge in [0.15, 0.2) is 0 Å². The highest BCUT2D eigenvalue weighted by Gasteiger charge is 2.45. The smallest absolute Gasteiger partial charge is 0.338 e. The third-order valence-electron chi connectivity index (χ3n) is 2.50. The third kappa shape index (κ3) is 2.14. The minimum Gasteiger partial charge on any atom is -0.478 e. The van der Waals surface area contributed by atoms with E-state index in [0.29, 0.717) is 6.54 Å². The van der Waals surface area contributed by atoms with Crippen LogP contribution < -0.4 is 0 Å². The van der Waals surface area contributed by atoms with Gasteiger partial charge in [0.2, 0.25) is 5.92 Å². The Morgan fingerprint density at radius 1 is 1.67 bits per heavy atom. The molecule has 1 aliphatic carbocycles. The van der Waals surface area contributed by atoms with Crippen LogP contribution in [0.1, 0.15) is 23.2 Å². The Morgan fingerprint density at radius 2 is 2.33 bits per heavy atom. The van der Waals surface area contributed by atoms with Crippen LogP contribution in [-0.2, 0) is 6.54 Å². The van der Waals surface area contributed by atoms with E-state index in [2.05, 4.69) is 5.10 Å². The molecule has 0 spiro atoms. The first kappa shape index (κ1) is 10.1. The van der Waals surface area contributed by atoms with Crippen molar-refractivity contribution >= 4 is 5.97 Å². The second-order valence-corrected chi connectivity index (χ2v) is 3.89. The van der Waals surface area contributed by atoms with Crippen LogP contribution in [0.4, 0.5) is 8.78 Å². The van der Waals surface area contributed by atoms with Gasteiger partial charge in [-0.3, -0.25) is 4.68 Å². The van der Waals surface area contributed by atoms with Crippen molar-refractivity contribution in [2.75, 3.05) is 0 Å². The molecule has 1 aliphatic rings. The Labute approximate surface area is 84.5 Å². The zero-order valence-electron chi connectivity index (χ0n) is 7.86. The van der Waals surface area contributed by atoms with E-state index in [0.717, 1.165) is 0 Å². The first-order valence-electron chi connectivity index (χ1n) is 4.60. The lowest BCUT2D eigenvalue weighted by Gasteiger charge is -2.34. The first-order chi connectivity index (χ1) is 6.96. The van der Waals surface area contributed by atoms with E-state index in [1.54, 1.807) is 0 Å². The molecule has 1 heterocycles. The molecular weight excluding hydrogens is 206 g/mol. The molecule has 4 nitrogen and oxygen atoms in total. The van der Waals surface area contributed by atoms with E-state index in [9.17, 15) is 13.6 Å². The molecule has 1 N–H and O–H groups in total. The maximum atomic E-state index is 12.5. The molecule has 6 heteroatoms. The van der Waals surface area contributed by atoms with E-state index in [4.69, 9.17) is 5.11 Å². The molecule has 0 atom stereocenters. The summed E-state index contributed by atoms with van der Waals surface area (Å²) in [6.07, 6.45) is 2.32. The number of rotatable bonds is 3. The zero-order chi connectivity index (χ0) is 11.1. The summed E-state index contributed by atoms with van der Waals surface area (Å²) in [5.74, 6) is -3.69. The molecule has 0 saturated heterocycles. The summed E-state index contributed by atoms with van der Waals surface area (Å²) in [5, 5.41) is 12.4. The predicted octanol–water partition coefficient (Wildman–Crippen LogP) is 1.63.